The van der Waals surface area contributed by atoms with Crippen molar-refractivity contribution < 1.29 is 57.5 Å². The van der Waals surface area contributed by atoms with Crippen LogP contribution in [0.1, 0.15) is 35.6 Å². The number of phenolic OH excluding ortho intramolecular Hbond substituents is 1. The van der Waals surface area contributed by atoms with Gasteiger partial charge in [-0.25, -0.2) is 0 Å². The number of nitrogens with one attached hydrogen (secondary N) is 1. The molecule has 1 aromatic rings. The fraction of sp³-hybridized carbons (Fsp3) is 0.567. The summed E-state index contributed by atoms with van der Waals surface area (Å²) in [6.45, 7) is 1.53. The van der Waals surface area contributed by atoms with Crippen LogP contribution >= 0.6 is 0 Å². The fourth-order valence-corrected chi connectivity index (χ4v) is 8.88. The van der Waals surface area contributed by atoms with Gasteiger partial charge in [0, 0.05) is 47.8 Å². The number of phenols is 1. The zero-order valence-corrected chi connectivity index (χ0v) is 24.8. The molecular formula is C30H33F3N4O9. The SMILES string of the molecule is CN(C)[C@@H]1C(=O)C(C(N)=O)=C(O)[C@@]2(O)C(=O)C3=C(O)c4c(O)c5c(c(OC(F)(F)F)c4C[C@H]3C[C@@H]12)[C@@H]1[C@H](CN5)CC2COCCN21. The molecule has 7 N–H and O–H groups in total. The molecule has 7 atom stereocenters. The lowest BCUT2D eigenvalue weighted by atomic mass is 9.57. The molecule has 3 fully saturated rings. The van der Waals surface area contributed by atoms with Crippen molar-refractivity contribution in [3.05, 3.63) is 33.6 Å². The van der Waals surface area contributed by atoms with Gasteiger partial charge in [0.1, 0.15) is 22.8 Å². The Morgan fingerprint density at radius 3 is 2.57 bits per heavy atom. The molecule has 0 radical (unpaired) electrons. The van der Waals surface area contributed by atoms with E-state index in [1.165, 1.54) is 19.0 Å². The highest BCUT2D eigenvalue weighted by Gasteiger charge is 2.64. The van der Waals surface area contributed by atoms with Gasteiger partial charge in [-0.2, -0.15) is 0 Å². The van der Waals surface area contributed by atoms with Crippen LogP contribution in [0.4, 0.5) is 18.9 Å². The van der Waals surface area contributed by atoms with E-state index in [0.29, 0.717) is 32.7 Å². The third-order valence-corrected chi connectivity index (χ3v) is 10.6. The van der Waals surface area contributed by atoms with Crippen LogP contribution in [-0.4, -0.2) is 112 Å². The van der Waals surface area contributed by atoms with Crippen LogP contribution in [0, 0.1) is 17.8 Å². The summed E-state index contributed by atoms with van der Waals surface area (Å²) in [7, 11) is 2.91. The van der Waals surface area contributed by atoms with Crippen molar-refractivity contribution in [3.8, 4) is 11.5 Å². The number of halogens is 3. The monoisotopic (exact) mass is 650 g/mol. The van der Waals surface area contributed by atoms with Gasteiger partial charge < -0.3 is 41.0 Å². The highest BCUT2D eigenvalue weighted by molar-refractivity contribution is 6.24. The molecule has 3 aliphatic heterocycles. The normalized spacial score (nSPS) is 33.9. The number of primary amides is 1. The largest absolute Gasteiger partial charge is 0.573 e. The number of hydrogen-bond donors (Lipinski definition) is 6. The Morgan fingerprint density at radius 2 is 1.91 bits per heavy atom. The van der Waals surface area contributed by atoms with Gasteiger partial charge >= 0.3 is 6.36 Å². The van der Waals surface area contributed by atoms with Gasteiger partial charge in [0.15, 0.2) is 17.1 Å². The van der Waals surface area contributed by atoms with Crippen LogP contribution in [0.2, 0.25) is 0 Å². The van der Waals surface area contributed by atoms with Gasteiger partial charge in [-0.05, 0) is 45.2 Å². The van der Waals surface area contributed by atoms with E-state index in [4.69, 9.17) is 15.2 Å². The molecule has 46 heavy (non-hydrogen) atoms. The van der Waals surface area contributed by atoms with Crippen LogP contribution in [0.25, 0.3) is 5.76 Å². The summed E-state index contributed by atoms with van der Waals surface area (Å²) in [5, 5.41) is 49.1. The number of aliphatic hydroxyl groups is 3. The molecule has 3 heterocycles. The number of likely N-dealkylation sites (N-methyl/N-ethyl adjacent to an activating group) is 1. The minimum atomic E-state index is -5.16. The van der Waals surface area contributed by atoms with E-state index in [1.54, 1.807) is 0 Å². The van der Waals surface area contributed by atoms with Crippen molar-refractivity contribution in [2.45, 2.75) is 49.4 Å². The molecule has 6 aliphatic rings. The van der Waals surface area contributed by atoms with Crippen molar-refractivity contribution in [2.24, 2.45) is 23.5 Å². The molecule has 248 valence electrons. The highest BCUT2D eigenvalue weighted by Crippen LogP contribution is 2.60. The molecule has 0 bridgehead atoms. The number of alkyl halides is 3. The van der Waals surface area contributed by atoms with Crippen molar-refractivity contribution in [2.75, 3.05) is 45.7 Å². The number of aromatic hydroxyl groups is 1. The maximum atomic E-state index is 14.1. The number of nitrogens with two attached hydrogens (primary N) is 1. The quantitative estimate of drug-likeness (QED) is 0.201. The summed E-state index contributed by atoms with van der Waals surface area (Å²) in [6.07, 6.45) is -5.14. The summed E-state index contributed by atoms with van der Waals surface area (Å²) < 4.78 is 52.7. The number of hydrogen-bond acceptors (Lipinski definition) is 12. The number of nitrogens with zero attached hydrogens (tertiary/aromatic N) is 2. The Morgan fingerprint density at radius 1 is 1.20 bits per heavy atom. The zero-order valence-electron chi connectivity index (χ0n) is 24.8. The number of anilines is 1. The van der Waals surface area contributed by atoms with Crippen molar-refractivity contribution in [1.82, 2.24) is 9.80 Å². The summed E-state index contributed by atoms with van der Waals surface area (Å²) in [4.78, 5) is 43.1. The van der Waals surface area contributed by atoms with Gasteiger partial charge in [0.2, 0.25) is 5.78 Å². The Balaban J connectivity index is 1.45. The predicted octanol–water partition coefficient (Wildman–Crippen LogP) is 1.05. The Kier molecular flexibility index (Phi) is 6.74. The maximum Gasteiger partial charge on any atom is 0.573 e. The van der Waals surface area contributed by atoms with E-state index in [9.17, 15) is 48.0 Å². The second-order valence-electron chi connectivity index (χ2n) is 13.1. The predicted molar refractivity (Wildman–Crippen MR) is 152 cm³/mol. The first-order chi connectivity index (χ1) is 21.6. The van der Waals surface area contributed by atoms with Crippen LogP contribution < -0.4 is 15.8 Å². The lowest BCUT2D eigenvalue weighted by molar-refractivity contribution is -0.275. The topological polar surface area (TPSA) is 195 Å². The Hall–Kier alpha value is -3.86. The first-order valence-corrected chi connectivity index (χ1v) is 15.0. The van der Waals surface area contributed by atoms with Gasteiger partial charge in [-0.1, -0.05) is 0 Å². The maximum absolute atomic E-state index is 14.1. The molecule has 2 saturated heterocycles. The van der Waals surface area contributed by atoms with Crippen LogP contribution in [0.15, 0.2) is 16.9 Å². The molecule has 0 aromatic heterocycles. The number of fused-ring (bicyclic) bond motifs is 8. The lowest BCUT2D eigenvalue weighted by Crippen LogP contribution is -2.65. The summed E-state index contributed by atoms with van der Waals surface area (Å²) in [6, 6.07) is -1.95. The van der Waals surface area contributed by atoms with Crippen molar-refractivity contribution in [1.29, 1.82) is 0 Å². The molecule has 3 aliphatic carbocycles. The molecule has 7 rings (SSSR count). The Labute approximate surface area is 260 Å². The van der Waals surface area contributed by atoms with Crippen molar-refractivity contribution in [3.63, 3.8) is 0 Å². The van der Waals surface area contributed by atoms with Crippen molar-refractivity contribution >= 4 is 28.9 Å². The highest BCUT2D eigenvalue weighted by atomic mass is 19.4. The smallest absolute Gasteiger partial charge is 0.508 e. The number of aliphatic hydroxyl groups excluding tert-OH is 2. The van der Waals surface area contributed by atoms with Gasteiger partial charge in [0.25, 0.3) is 5.91 Å². The molecule has 1 amide bonds. The molecule has 1 saturated carbocycles. The molecular weight excluding hydrogens is 617 g/mol. The summed E-state index contributed by atoms with van der Waals surface area (Å²) >= 11 is 0. The number of carbonyl (C=O) groups excluding carboxylic acids is 3. The fourth-order valence-electron chi connectivity index (χ4n) is 8.88. The molecule has 1 aromatic carbocycles. The van der Waals surface area contributed by atoms with Crippen LogP contribution in [-0.2, 0) is 25.5 Å². The minimum Gasteiger partial charge on any atom is -0.508 e. The number of rotatable bonds is 3. The average Bonchev–Trinajstić information content (AvgIpc) is 3.35. The number of benzene rings is 1. The van der Waals surface area contributed by atoms with E-state index in [2.05, 4.69) is 10.2 Å². The van der Waals surface area contributed by atoms with Crippen LogP contribution in [0.3, 0.4) is 0 Å². The number of amides is 1. The third kappa shape index (κ3) is 4.06. The van der Waals surface area contributed by atoms with Gasteiger partial charge in [-0.3, -0.25) is 24.2 Å². The molecule has 1 unspecified atom stereocenters. The average molecular weight is 651 g/mol. The van der Waals surface area contributed by atoms with E-state index in [1.807, 2.05) is 0 Å². The standard InChI is InChI=1S/C30H33F3N4O9/c1-36(2)21-14-7-10-6-13-16(22(38)15(10)26(41)29(14,44)27(42)18(24(21)40)28(34)43)23(39)19-17(25(13)46-30(31,32)33)20-11(8-35-19)5-12-9-45-4-3-37(12)20/h10-12,14,20-21,35,38-39,42,44H,3-9H2,1-2H3,(H2,34,43)/t10-,11-,12?,14-,20-,21-,29-/m0/s1. The van der Waals surface area contributed by atoms with E-state index in [-0.39, 0.29) is 41.6 Å². The van der Waals surface area contributed by atoms with Crippen LogP contribution in [0.5, 0.6) is 11.5 Å². The van der Waals surface area contributed by atoms with E-state index in [0.717, 1.165) is 0 Å². The first-order valence-electron chi connectivity index (χ1n) is 15.0. The Bertz CT molecular complexity index is 1660. The third-order valence-electron chi connectivity index (χ3n) is 10.6. The molecule has 13 nitrogen and oxygen atoms in total. The summed E-state index contributed by atoms with van der Waals surface area (Å²) in [5.41, 5.74) is 0.404. The number of morpholine rings is 1. The molecule has 16 heteroatoms. The second kappa shape index (κ2) is 10.1. The number of carbonyl (C=O) groups is 3. The van der Waals surface area contributed by atoms with E-state index >= 15 is 0 Å². The number of ketones is 2. The minimum absolute atomic E-state index is 0.0558. The van der Waals surface area contributed by atoms with Gasteiger partial charge in [-0.15, -0.1) is 13.2 Å². The van der Waals surface area contributed by atoms with E-state index < -0.39 is 93.1 Å². The molecule has 0 spiro atoms. The number of Topliss-reactive ketones (excluding diaryl/α,β-unsaturated/α-hetero) is 2. The first kappa shape index (κ1) is 30.8. The summed E-state index contributed by atoms with van der Waals surface area (Å²) in [5.74, 6) is -9.49. The lowest BCUT2D eigenvalue weighted by Gasteiger charge is -2.50. The second-order valence-corrected chi connectivity index (χ2v) is 13.1. The van der Waals surface area contributed by atoms with Gasteiger partial charge in [0.05, 0.1) is 30.5 Å². The number of ether oxygens (including phenoxy) is 2. The zero-order chi connectivity index (χ0) is 33.2.